The molecule has 0 aromatic carbocycles. The van der Waals surface area contributed by atoms with Crippen molar-refractivity contribution in [2.24, 2.45) is 0 Å². The van der Waals surface area contributed by atoms with Gasteiger partial charge in [0.05, 0.1) is 11.4 Å². The van der Waals surface area contributed by atoms with Crippen LogP contribution in [0.2, 0.25) is 0 Å². The highest BCUT2D eigenvalue weighted by atomic mass is 16.6. The molecule has 3 N–H and O–H groups in total. The van der Waals surface area contributed by atoms with Crippen LogP contribution < -0.4 is 5.73 Å². The van der Waals surface area contributed by atoms with Crippen molar-refractivity contribution in [1.82, 2.24) is 20.0 Å². The van der Waals surface area contributed by atoms with E-state index in [1.54, 1.807) is 9.80 Å². The smallest absolute Gasteiger partial charge is 0.410 e. The predicted octanol–water partition coefficient (Wildman–Crippen LogP) is 1.25. The summed E-state index contributed by atoms with van der Waals surface area (Å²) in [6, 6.07) is 0. The molecule has 2 rings (SSSR count). The van der Waals surface area contributed by atoms with Gasteiger partial charge in [-0.15, -0.1) is 0 Å². The normalized spacial score (nSPS) is 15.7. The van der Waals surface area contributed by atoms with Crippen LogP contribution in [0.3, 0.4) is 0 Å². The number of aryl methyl sites for hydroxylation is 1. The molecule has 128 valence electrons. The van der Waals surface area contributed by atoms with Crippen LogP contribution in [0.1, 0.15) is 43.9 Å². The van der Waals surface area contributed by atoms with Gasteiger partial charge in [-0.25, -0.2) is 4.79 Å². The molecule has 1 aromatic heterocycles. The highest BCUT2D eigenvalue weighted by Gasteiger charge is 2.29. The van der Waals surface area contributed by atoms with E-state index < -0.39 is 5.60 Å². The second kappa shape index (κ2) is 6.47. The van der Waals surface area contributed by atoms with Gasteiger partial charge in [0, 0.05) is 26.2 Å². The van der Waals surface area contributed by atoms with E-state index in [-0.39, 0.29) is 17.7 Å². The number of carbonyl (C=O) groups is 2. The van der Waals surface area contributed by atoms with Crippen LogP contribution in [-0.4, -0.2) is 63.8 Å². The second-order valence-corrected chi connectivity index (χ2v) is 6.58. The summed E-state index contributed by atoms with van der Waals surface area (Å²) in [7, 11) is 0. The average molecular weight is 323 g/mol. The fourth-order valence-electron chi connectivity index (χ4n) is 2.39. The number of nitrogens with two attached hydrogens (primary N) is 1. The van der Waals surface area contributed by atoms with Crippen molar-refractivity contribution in [3.05, 3.63) is 11.4 Å². The molecule has 0 spiro atoms. The fourth-order valence-corrected chi connectivity index (χ4v) is 2.39. The van der Waals surface area contributed by atoms with Crippen LogP contribution in [0.15, 0.2) is 0 Å². The zero-order valence-electron chi connectivity index (χ0n) is 14.2. The first-order chi connectivity index (χ1) is 10.7. The second-order valence-electron chi connectivity index (χ2n) is 6.58. The first kappa shape index (κ1) is 17.1. The molecule has 0 radical (unpaired) electrons. The number of piperazine rings is 1. The number of nitrogen functional groups attached to an aromatic ring is 1. The van der Waals surface area contributed by atoms with Crippen molar-refractivity contribution in [1.29, 1.82) is 0 Å². The molecule has 0 unspecified atom stereocenters. The van der Waals surface area contributed by atoms with E-state index in [0.29, 0.717) is 38.3 Å². The number of H-pyrrole nitrogens is 1. The van der Waals surface area contributed by atoms with E-state index >= 15 is 0 Å². The Morgan fingerprint density at radius 3 is 2.26 bits per heavy atom. The van der Waals surface area contributed by atoms with E-state index in [9.17, 15) is 9.59 Å². The van der Waals surface area contributed by atoms with E-state index in [4.69, 9.17) is 10.5 Å². The molecule has 0 bridgehead atoms. The SMILES string of the molecule is CCc1[nH]nc(C(=O)N2CCN(C(=O)OC(C)(C)C)CC2)c1N. The molecule has 1 aromatic rings. The molecule has 0 atom stereocenters. The van der Waals surface area contributed by atoms with Crippen LogP contribution in [-0.2, 0) is 11.2 Å². The van der Waals surface area contributed by atoms with Crippen molar-refractivity contribution < 1.29 is 14.3 Å². The van der Waals surface area contributed by atoms with Crippen molar-refractivity contribution in [2.75, 3.05) is 31.9 Å². The highest BCUT2D eigenvalue weighted by molar-refractivity contribution is 5.97. The first-order valence-corrected chi connectivity index (χ1v) is 7.83. The quantitative estimate of drug-likeness (QED) is 0.852. The van der Waals surface area contributed by atoms with Crippen molar-refractivity contribution in [2.45, 2.75) is 39.7 Å². The third-order valence-electron chi connectivity index (χ3n) is 3.66. The molecule has 2 amide bonds. The number of nitrogens with one attached hydrogen (secondary N) is 1. The standard InChI is InChI=1S/C15H25N5O3/c1-5-10-11(16)12(18-17-10)13(21)19-6-8-20(9-7-19)14(22)23-15(2,3)4/h5-9,16H2,1-4H3,(H,17,18). The van der Waals surface area contributed by atoms with Gasteiger partial charge in [0.2, 0.25) is 0 Å². The molecule has 1 fully saturated rings. The zero-order valence-corrected chi connectivity index (χ0v) is 14.2. The largest absolute Gasteiger partial charge is 0.444 e. The fraction of sp³-hybridized carbons (Fsp3) is 0.667. The van der Waals surface area contributed by atoms with Gasteiger partial charge in [0.25, 0.3) is 5.91 Å². The van der Waals surface area contributed by atoms with Crippen molar-refractivity contribution in [3.8, 4) is 0 Å². The maximum absolute atomic E-state index is 12.5. The monoisotopic (exact) mass is 323 g/mol. The number of carbonyl (C=O) groups excluding carboxylic acids is 2. The summed E-state index contributed by atoms with van der Waals surface area (Å²) in [5.41, 5.74) is 6.85. The zero-order chi connectivity index (χ0) is 17.2. The molecular weight excluding hydrogens is 298 g/mol. The first-order valence-electron chi connectivity index (χ1n) is 7.83. The third-order valence-corrected chi connectivity index (χ3v) is 3.66. The van der Waals surface area contributed by atoms with Gasteiger partial charge in [-0.3, -0.25) is 9.89 Å². The van der Waals surface area contributed by atoms with Gasteiger partial charge < -0.3 is 20.3 Å². The van der Waals surface area contributed by atoms with Gasteiger partial charge >= 0.3 is 6.09 Å². The minimum atomic E-state index is -0.524. The maximum Gasteiger partial charge on any atom is 0.410 e. The Hall–Kier alpha value is -2.25. The number of rotatable bonds is 2. The van der Waals surface area contributed by atoms with Gasteiger partial charge in [0.1, 0.15) is 5.60 Å². The van der Waals surface area contributed by atoms with Gasteiger partial charge in [0.15, 0.2) is 5.69 Å². The van der Waals surface area contributed by atoms with Crippen molar-refractivity contribution >= 4 is 17.7 Å². The molecule has 0 aliphatic carbocycles. The number of hydrogen-bond acceptors (Lipinski definition) is 5. The minimum Gasteiger partial charge on any atom is -0.444 e. The summed E-state index contributed by atoms with van der Waals surface area (Å²) in [6.45, 7) is 9.18. The lowest BCUT2D eigenvalue weighted by Crippen LogP contribution is -2.51. The molecule has 1 aliphatic heterocycles. The van der Waals surface area contributed by atoms with Gasteiger partial charge in [-0.1, -0.05) is 6.92 Å². The molecule has 1 aliphatic rings. The number of ether oxygens (including phenoxy) is 1. The lowest BCUT2D eigenvalue weighted by molar-refractivity contribution is 0.0140. The van der Waals surface area contributed by atoms with Gasteiger partial charge in [-0.05, 0) is 27.2 Å². The summed E-state index contributed by atoms with van der Waals surface area (Å²) < 4.78 is 5.34. The Balaban J connectivity index is 1.95. The molecule has 0 saturated carbocycles. The van der Waals surface area contributed by atoms with Crippen LogP contribution in [0, 0.1) is 0 Å². The summed E-state index contributed by atoms with van der Waals surface area (Å²) in [4.78, 5) is 27.8. The van der Waals surface area contributed by atoms with Crippen LogP contribution in [0.5, 0.6) is 0 Å². The summed E-state index contributed by atoms with van der Waals surface area (Å²) in [5.74, 6) is -0.206. The number of hydrogen-bond donors (Lipinski definition) is 2. The van der Waals surface area contributed by atoms with Gasteiger partial charge in [-0.2, -0.15) is 5.10 Å². The Morgan fingerprint density at radius 1 is 1.22 bits per heavy atom. The molecule has 2 heterocycles. The Morgan fingerprint density at radius 2 is 1.78 bits per heavy atom. The highest BCUT2D eigenvalue weighted by Crippen LogP contribution is 2.18. The molecule has 8 heteroatoms. The number of anilines is 1. The molecule has 1 saturated heterocycles. The lowest BCUT2D eigenvalue weighted by atomic mass is 10.2. The summed E-state index contributed by atoms with van der Waals surface area (Å²) in [6.07, 6.45) is 0.343. The van der Waals surface area contributed by atoms with E-state index in [1.807, 2.05) is 27.7 Å². The summed E-state index contributed by atoms with van der Waals surface area (Å²) >= 11 is 0. The lowest BCUT2D eigenvalue weighted by Gasteiger charge is -2.35. The Labute approximate surface area is 135 Å². The van der Waals surface area contributed by atoms with Crippen LogP contribution in [0.25, 0.3) is 0 Å². The van der Waals surface area contributed by atoms with Crippen molar-refractivity contribution in [3.63, 3.8) is 0 Å². The number of aromatic nitrogens is 2. The third kappa shape index (κ3) is 3.94. The minimum absolute atomic E-state index is 0.206. The van der Waals surface area contributed by atoms with E-state index in [2.05, 4.69) is 10.2 Å². The molecular formula is C15H25N5O3. The predicted molar refractivity (Wildman–Crippen MR) is 86.1 cm³/mol. The maximum atomic E-state index is 12.5. The van der Waals surface area contributed by atoms with E-state index in [0.717, 1.165) is 5.69 Å². The van der Waals surface area contributed by atoms with E-state index in [1.165, 1.54) is 0 Å². The Kier molecular flexibility index (Phi) is 4.82. The Bertz CT molecular complexity index is 582. The summed E-state index contributed by atoms with van der Waals surface area (Å²) in [5, 5.41) is 6.81. The average Bonchev–Trinajstić information content (AvgIpc) is 2.86. The topological polar surface area (TPSA) is 105 Å². The molecule has 23 heavy (non-hydrogen) atoms. The number of aromatic amines is 1. The number of amides is 2. The number of nitrogens with zero attached hydrogens (tertiary/aromatic N) is 3. The van der Waals surface area contributed by atoms with Crippen LogP contribution in [0.4, 0.5) is 10.5 Å². The van der Waals surface area contributed by atoms with Crippen LogP contribution >= 0.6 is 0 Å². The molecule has 8 nitrogen and oxygen atoms in total.